The second kappa shape index (κ2) is 6.11. The summed E-state index contributed by atoms with van der Waals surface area (Å²) in [6, 6.07) is 0. The molecule has 0 saturated heterocycles. The van der Waals surface area contributed by atoms with Gasteiger partial charge < -0.3 is 14.5 Å². The maximum absolute atomic E-state index is 11.1. The minimum atomic E-state index is -3.66. The summed E-state index contributed by atoms with van der Waals surface area (Å²) in [5.74, 6) is 0. The number of aliphatic hydroxyl groups is 1. The van der Waals surface area contributed by atoms with Crippen molar-refractivity contribution in [1.82, 2.24) is 0 Å². The van der Waals surface area contributed by atoms with Crippen LogP contribution in [-0.4, -0.2) is 28.9 Å². The average Bonchev–Trinajstić information content (AvgIpc) is 2.03. The molecule has 0 aliphatic carbocycles. The lowest BCUT2D eigenvalue weighted by molar-refractivity contribution is 0.206. The third-order valence-electron chi connectivity index (χ3n) is 1.34. The Kier molecular flexibility index (Phi) is 5.91. The quantitative estimate of drug-likeness (QED) is 0.487. The average molecular weight is 206 g/mol. The molecular weight excluding hydrogens is 191 g/mol. The summed E-state index contributed by atoms with van der Waals surface area (Å²) in [6.07, 6.45) is 2.67. The molecule has 2 unspecified atom stereocenters. The van der Waals surface area contributed by atoms with E-state index in [0.717, 1.165) is 0 Å². The number of hydrogen-bond acceptors (Lipinski definition) is 3. The highest BCUT2D eigenvalue weighted by Crippen LogP contribution is 2.43. The summed E-state index contributed by atoms with van der Waals surface area (Å²) < 4.78 is 16.0. The minimum Gasteiger partial charge on any atom is -0.396 e. The Morgan fingerprint density at radius 3 is 2.54 bits per heavy atom. The Hall–Kier alpha value is -0.410. The van der Waals surface area contributed by atoms with Crippen LogP contribution in [0.4, 0.5) is 0 Å². The summed E-state index contributed by atoms with van der Waals surface area (Å²) in [5.41, 5.74) is 0. The standard InChI is InChI=1S/C8H15O4P/c1-3-5-8(4-2)12-13(10,11)7-6-9/h3-4,8-9H,1-2,5-7H2,(H,10,11). The zero-order chi connectivity index (χ0) is 10.3. The summed E-state index contributed by atoms with van der Waals surface area (Å²) in [4.78, 5) is 9.13. The van der Waals surface area contributed by atoms with E-state index >= 15 is 0 Å². The van der Waals surface area contributed by atoms with Gasteiger partial charge in [-0.3, -0.25) is 4.57 Å². The van der Waals surface area contributed by atoms with Gasteiger partial charge in [-0.2, -0.15) is 0 Å². The van der Waals surface area contributed by atoms with E-state index in [1.165, 1.54) is 6.08 Å². The highest BCUT2D eigenvalue weighted by Gasteiger charge is 2.21. The van der Waals surface area contributed by atoms with Crippen LogP contribution in [0.3, 0.4) is 0 Å². The molecule has 0 aromatic rings. The van der Waals surface area contributed by atoms with Crippen LogP contribution in [-0.2, 0) is 9.09 Å². The molecule has 2 N–H and O–H groups in total. The highest BCUT2D eigenvalue weighted by atomic mass is 31.2. The van der Waals surface area contributed by atoms with Crippen LogP contribution in [0.2, 0.25) is 0 Å². The summed E-state index contributed by atoms with van der Waals surface area (Å²) >= 11 is 0. The van der Waals surface area contributed by atoms with Crippen LogP contribution in [0.1, 0.15) is 6.42 Å². The maximum atomic E-state index is 11.1. The van der Waals surface area contributed by atoms with Gasteiger partial charge in [-0.1, -0.05) is 12.2 Å². The van der Waals surface area contributed by atoms with Crippen molar-refractivity contribution < 1.29 is 19.1 Å². The fourth-order valence-corrected chi connectivity index (χ4v) is 1.69. The second-order valence-electron chi connectivity index (χ2n) is 2.49. The van der Waals surface area contributed by atoms with Gasteiger partial charge in [0, 0.05) is 0 Å². The fourth-order valence-electron chi connectivity index (χ4n) is 0.737. The van der Waals surface area contributed by atoms with Crippen molar-refractivity contribution in [2.75, 3.05) is 12.8 Å². The molecular formula is C8H15O4P. The van der Waals surface area contributed by atoms with E-state index in [9.17, 15) is 4.57 Å². The normalized spacial score (nSPS) is 17.4. The van der Waals surface area contributed by atoms with E-state index in [-0.39, 0.29) is 12.8 Å². The molecule has 0 radical (unpaired) electrons. The Bertz CT molecular complexity index is 214. The van der Waals surface area contributed by atoms with Crippen LogP contribution < -0.4 is 0 Å². The predicted octanol–water partition coefficient (Wildman–Crippen LogP) is 1.31. The van der Waals surface area contributed by atoms with Crippen molar-refractivity contribution in [2.45, 2.75) is 12.5 Å². The summed E-state index contributed by atoms with van der Waals surface area (Å²) in [7, 11) is -3.66. The van der Waals surface area contributed by atoms with Crippen molar-refractivity contribution in [3.8, 4) is 0 Å². The first kappa shape index (κ1) is 12.6. The van der Waals surface area contributed by atoms with Gasteiger partial charge in [-0.05, 0) is 6.42 Å². The molecule has 76 valence electrons. The van der Waals surface area contributed by atoms with E-state index in [0.29, 0.717) is 6.42 Å². The molecule has 5 heteroatoms. The van der Waals surface area contributed by atoms with Crippen LogP contribution in [0, 0.1) is 0 Å². The van der Waals surface area contributed by atoms with Gasteiger partial charge in [0.05, 0.1) is 18.9 Å². The van der Waals surface area contributed by atoms with Gasteiger partial charge in [0.25, 0.3) is 0 Å². The fraction of sp³-hybridized carbons (Fsp3) is 0.500. The van der Waals surface area contributed by atoms with Gasteiger partial charge in [-0.15, -0.1) is 13.2 Å². The number of aliphatic hydroxyl groups excluding tert-OH is 1. The van der Waals surface area contributed by atoms with Gasteiger partial charge in [0.1, 0.15) is 0 Å². The van der Waals surface area contributed by atoms with Gasteiger partial charge >= 0.3 is 7.60 Å². The Balaban J connectivity index is 4.12. The van der Waals surface area contributed by atoms with Crippen LogP contribution >= 0.6 is 7.60 Å². The predicted molar refractivity (Wildman–Crippen MR) is 51.7 cm³/mol. The van der Waals surface area contributed by atoms with Crippen molar-refractivity contribution in [3.05, 3.63) is 25.3 Å². The lowest BCUT2D eigenvalue weighted by Crippen LogP contribution is -2.09. The third kappa shape index (κ3) is 5.77. The largest absolute Gasteiger partial charge is 0.396 e. The zero-order valence-corrected chi connectivity index (χ0v) is 8.32. The Morgan fingerprint density at radius 2 is 2.15 bits per heavy atom. The topological polar surface area (TPSA) is 66.8 Å². The van der Waals surface area contributed by atoms with E-state index in [4.69, 9.17) is 14.5 Å². The lowest BCUT2D eigenvalue weighted by atomic mass is 10.2. The molecule has 2 atom stereocenters. The molecule has 4 nitrogen and oxygen atoms in total. The highest BCUT2D eigenvalue weighted by molar-refractivity contribution is 7.52. The van der Waals surface area contributed by atoms with Crippen molar-refractivity contribution in [3.63, 3.8) is 0 Å². The number of rotatable bonds is 7. The molecule has 0 aromatic heterocycles. The van der Waals surface area contributed by atoms with E-state index in [1.54, 1.807) is 6.08 Å². The molecule has 0 aliphatic rings. The molecule has 0 fully saturated rings. The molecule has 0 aliphatic heterocycles. The minimum absolute atomic E-state index is 0.255. The molecule has 13 heavy (non-hydrogen) atoms. The zero-order valence-electron chi connectivity index (χ0n) is 7.43. The van der Waals surface area contributed by atoms with Crippen molar-refractivity contribution in [1.29, 1.82) is 0 Å². The maximum Gasteiger partial charge on any atom is 0.331 e. The van der Waals surface area contributed by atoms with Gasteiger partial charge in [-0.25, -0.2) is 0 Å². The molecule has 0 saturated carbocycles. The van der Waals surface area contributed by atoms with E-state index < -0.39 is 13.7 Å². The first-order valence-electron chi connectivity index (χ1n) is 3.90. The molecule has 0 spiro atoms. The van der Waals surface area contributed by atoms with Crippen molar-refractivity contribution >= 4 is 7.60 Å². The Labute approximate surface area is 78.1 Å². The van der Waals surface area contributed by atoms with E-state index in [2.05, 4.69) is 13.2 Å². The monoisotopic (exact) mass is 206 g/mol. The lowest BCUT2D eigenvalue weighted by Gasteiger charge is -2.16. The summed E-state index contributed by atoms with van der Waals surface area (Å²) in [5, 5.41) is 8.46. The smallest absolute Gasteiger partial charge is 0.331 e. The van der Waals surface area contributed by atoms with Crippen LogP contribution in [0.25, 0.3) is 0 Å². The molecule has 0 amide bonds. The third-order valence-corrected chi connectivity index (χ3v) is 2.71. The second-order valence-corrected chi connectivity index (χ2v) is 4.42. The van der Waals surface area contributed by atoms with Crippen molar-refractivity contribution in [2.24, 2.45) is 0 Å². The van der Waals surface area contributed by atoms with Crippen LogP contribution in [0.5, 0.6) is 0 Å². The van der Waals surface area contributed by atoms with E-state index in [1.807, 2.05) is 0 Å². The SMILES string of the molecule is C=CCC(C=C)OP(=O)(O)CCO. The molecule has 0 bridgehead atoms. The molecule has 0 rings (SSSR count). The first-order valence-corrected chi connectivity index (χ1v) is 5.66. The number of hydrogen-bond donors (Lipinski definition) is 2. The van der Waals surface area contributed by atoms with Crippen LogP contribution in [0.15, 0.2) is 25.3 Å². The summed E-state index contributed by atoms with van der Waals surface area (Å²) in [6.45, 7) is 6.56. The molecule has 0 aromatic carbocycles. The Morgan fingerprint density at radius 1 is 1.54 bits per heavy atom. The molecule has 0 heterocycles. The van der Waals surface area contributed by atoms with Gasteiger partial charge in [0.15, 0.2) is 0 Å². The van der Waals surface area contributed by atoms with Gasteiger partial charge in [0.2, 0.25) is 0 Å². The first-order chi connectivity index (χ1) is 6.05.